The number of rotatable bonds is 7. The van der Waals surface area contributed by atoms with Crippen LogP contribution >= 0.6 is 0 Å². The van der Waals surface area contributed by atoms with Crippen LogP contribution in [0.5, 0.6) is 0 Å². The van der Waals surface area contributed by atoms with Crippen molar-refractivity contribution in [3.8, 4) is 0 Å². The van der Waals surface area contributed by atoms with E-state index in [0.29, 0.717) is 12.0 Å². The van der Waals surface area contributed by atoms with Crippen LogP contribution in [0.4, 0.5) is 0 Å². The van der Waals surface area contributed by atoms with Gasteiger partial charge in [0.25, 0.3) is 0 Å². The fraction of sp³-hybridized carbons (Fsp3) is 0.929. The highest BCUT2D eigenvalue weighted by molar-refractivity contribution is 5.78. The van der Waals surface area contributed by atoms with Crippen molar-refractivity contribution >= 4 is 5.91 Å². The summed E-state index contributed by atoms with van der Waals surface area (Å²) in [6.07, 6.45) is 7.70. The Labute approximate surface area is 106 Å². The quantitative estimate of drug-likeness (QED) is 0.718. The van der Waals surface area contributed by atoms with Crippen LogP contribution in [-0.4, -0.2) is 18.5 Å². The second kappa shape index (κ2) is 7.70. The number of amides is 1. The van der Waals surface area contributed by atoms with Gasteiger partial charge in [-0.3, -0.25) is 4.79 Å². The molecule has 0 aromatic heterocycles. The van der Waals surface area contributed by atoms with Crippen LogP contribution < -0.4 is 11.1 Å². The number of carbonyl (C=O) groups is 1. The maximum atomic E-state index is 12.0. The summed E-state index contributed by atoms with van der Waals surface area (Å²) in [5, 5.41) is 3.11. The van der Waals surface area contributed by atoms with Crippen molar-refractivity contribution in [3.05, 3.63) is 0 Å². The molecular formula is C14H28N2O. The van der Waals surface area contributed by atoms with Crippen molar-refractivity contribution in [1.29, 1.82) is 0 Å². The van der Waals surface area contributed by atoms with Gasteiger partial charge < -0.3 is 11.1 Å². The molecule has 3 N–H and O–H groups in total. The van der Waals surface area contributed by atoms with Gasteiger partial charge in [-0.2, -0.15) is 0 Å². The molecular weight excluding hydrogens is 212 g/mol. The van der Waals surface area contributed by atoms with Crippen LogP contribution in [0, 0.1) is 11.8 Å². The first kappa shape index (κ1) is 14.5. The Bertz CT molecular complexity index is 224. The highest BCUT2D eigenvalue weighted by Crippen LogP contribution is 2.23. The second-order valence-corrected chi connectivity index (χ2v) is 5.37. The highest BCUT2D eigenvalue weighted by atomic mass is 16.1. The summed E-state index contributed by atoms with van der Waals surface area (Å²) in [5.74, 6) is 0.957. The van der Waals surface area contributed by atoms with Gasteiger partial charge in [-0.1, -0.05) is 33.1 Å². The van der Waals surface area contributed by atoms with Crippen molar-refractivity contribution in [2.24, 2.45) is 17.6 Å². The third-order valence-corrected chi connectivity index (χ3v) is 3.90. The minimum absolute atomic E-state index is 0.211. The summed E-state index contributed by atoms with van der Waals surface area (Å²) >= 11 is 0. The number of hydrogen-bond acceptors (Lipinski definition) is 2. The molecule has 1 fully saturated rings. The fourth-order valence-electron chi connectivity index (χ4n) is 2.80. The summed E-state index contributed by atoms with van der Waals surface area (Å²) in [6.45, 7) is 5.07. The molecule has 0 aromatic carbocycles. The lowest BCUT2D eigenvalue weighted by Crippen LogP contribution is -2.38. The summed E-state index contributed by atoms with van der Waals surface area (Å²) in [5.41, 5.74) is 6.01. The van der Waals surface area contributed by atoms with E-state index in [1.807, 2.05) is 0 Å². The average Bonchev–Trinajstić information content (AvgIpc) is 2.71. The molecule has 2 unspecified atom stereocenters. The predicted molar refractivity (Wildman–Crippen MR) is 71.6 cm³/mol. The van der Waals surface area contributed by atoms with Gasteiger partial charge in [-0.25, -0.2) is 0 Å². The Hall–Kier alpha value is -0.570. The first-order chi connectivity index (χ1) is 8.19. The third kappa shape index (κ3) is 4.66. The van der Waals surface area contributed by atoms with Gasteiger partial charge in [0.05, 0.1) is 0 Å². The maximum absolute atomic E-state index is 12.0. The molecule has 0 radical (unpaired) electrons. The summed E-state index contributed by atoms with van der Waals surface area (Å²) in [6, 6.07) is 0.297. The van der Waals surface area contributed by atoms with E-state index in [0.717, 1.165) is 38.6 Å². The van der Waals surface area contributed by atoms with Crippen LogP contribution in [-0.2, 0) is 4.79 Å². The van der Waals surface area contributed by atoms with E-state index in [2.05, 4.69) is 19.2 Å². The van der Waals surface area contributed by atoms with E-state index in [9.17, 15) is 4.79 Å². The summed E-state index contributed by atoms with van der Waals surface area (Å²) in [7, 11) is 0. The monoisotopic (exact) mass is 240 g/mol. The normalized spacial score (nSPS) is 24.2. The van der Waals surface area contributed by atoms with Crippen LogP contribution in [0.25, 0.3) is 0 Å². The molecule has 0 spiro atoms. The molecule has 0 aliphatic heterocycles. The summed E-state index contributed by atoms with van der Waals surface area (Å²) in [4.78, 5) is 12.0. The molecule has 3 nitrogen and oxygen atoms in total. The largest absolute Gasteiger partial charge is 0.356 e. The molecule has 0 heterocycles. The van der Waals surface area contributed by atoms with Gasteiger partial charge in [0.2, 0.25) is 5.91 Å². The fourth-order valence-corrected chi connectivity index (χ4v) is 2.80. The number of nitrogens with two attached hydrogens (primary N) is 1. The Balaban J connectivity index is 2.30. The molecule has 1 aliphatic rings. The zero-order valence-electron chi connectivity index (χ0n) is 11.4. The number of carbonyl (C=O) groups excluding carboxylic acids is 1. The van der Waals surface area contributed by atoms with Crippen molar-refractivity contribution in [2.45, 2.75) is 64.8 Å². The topological polar surface area (TPSA) is 55.1 Å². The SMILES string of the molecule is CCCC(CCC)C(=O)NCC1CCCC1N. The molecule has 3 heteroatoms. The van der Waals surface area contributed by atoms with Gasteiger partial charge in [-0.15, -0.1) is 0 Å². The van der Waals surface area contributed by atoms with Crippen LogP contribution in [0.15, 0.2) is 0 Å². The van der Waals surface area contributed by atoms with Gasteiger partial charge in [0.15, 0.2) is 0 Å². The molecule has 1 rings (SSSR count). The third-order valence-electron chi connectivity index (χ3n) is 3.90. The van der Waals surface area contributed by atoms with Gasteiger partial charge in [0.1, 0.15) is 0 Å². The standard InChI is InChI=1S/C14H28N2O/c1-3-6-11(7-4-2)14(17)16-10-12-8-5-9-13(12)15/h11-13H,3-10,15H2,1-2H3,(H,16,17). The first-order valence-electron chi connectivity index (χ1n) is 7.22. The Kier molecular flexibility index (Phi) is 6.56. The molecule has 1 saturated carbocycles. The van der Waals surface area contributed by atoms with E-state index in [-0.39, 0.29) is 11.8 Å². The molecule has 100 valence electrons. The summed E-state index contributed by atoms with van der Waals surface area (Å²) < 4.78 is 0. The van der Waals surface area contributed by atoms with Crippen molar-refractivity contribution in [2.75, 3.05) is 6.54 Å². The zero-order chi connectivity index (χ0) is 12.7. The minimum atomic E-state index is 0.211. The van der Waals surface area contributed by atoms with Crippen LogP contribution in [0.3, 0.4) is 0 Å². The molecule has 0 saturated heterocycles. The first-order valence-corrected chi connectivity index (χ1v) is 7.22. The van der Waals surface area contributed by atoms with E-state index in [1.54, 1.807) is 0 Å². The van der Waals surface area contributed by atoms with Crippen LogP contribution in [0.2, 0.25) is 0 Å². The van der Waals surface area contributed by atoms with E-state index in [4.69, 9.17) is 5.73 Å². The van der Waals surface area contributed by atoms with E-state index >= 15 is 0 Å². The molecule has 1 amide bonds. The molecule has 1 aliphatic carbocycles. The molecule has 0 aromatic rings. The zero-order valence-corrected chi connectivity index (χ0v) is 11.4. The van der Waals surface area contributed by atoms with E-state index in [1.165, 1.54) is 12.8 Å². The van der Waals surface area contributed by atoms with E-state index < -0.39 is 0 Å². The second-order valence-electron chi connectivity index (χ2n) is 5.37. The van der Waals surface area contributed by atoms with Crippen molar-refractivity contribution < 1.29 is 4.79 Å². The number of hydrogen-bond donors (Lipinski definition) is 2. The van der Waals surface area contributed by atoms with Crippen molar-refractivity contribution in [3.63, 3.8) is 0 Å². The molecule has 0 bridgehead atoms. The molecule has 2 atom stereocenters. The highest BCUT2D eigenvalue weighted by Gasteiger charge is 2.25. The molecule has 17 heavy (non-hydrogen) atoms. The van der Waals surface area contributed by atoms with Gasteiger partial charge in [0, 0.05) is 18.5 Å². The number of nitrogens with one attached hydrogen (secondary N) is 1. The minimum Gasteiger partial charge on any atom is -0.356 e. The lowest BCUT2D eigenvalue weighted by atomic mass is 9.96. The van der Waals surface area contributed by atoms with Crippen LogP contribution in [0.1, 0.15) is 58.8 Å². The average molecular weight is 240 g/mol. The maximum Gasteiger partial charge on any atom is 0.223 e. The Morgan fingerprint density at radius 1 is 1.29 bits per heavy atom. The lowest BCUT2D eigenvalue weighted by molar-refractivity contribution is -0.125. The lowest BCUT2D eigenvalue weighted by Gasteiger charge is -2.19. The predicted octanol–water partition coefficient (Wildman–Crippen LogP) is 2.45. The Morgan fingerprint density at radius 3 is 2.41 bits per heavy atom. The smallest absolute Gasteiger partial charge is 0.223 e. The van der Waals surface area contributed by atoms with Crippen molar-refractivity contribution in [1.82, 2.24) is 5.32 Å². The van der Waals surface area contributed by atoms with Gasteiger partial charge >= 0.3 is 0 Å². The Morgan fingerprint density at radius 2 is 1.94 bits per heavy atom. The van der Waals surface area contributed by atoms with Gasteiger partial charge in [-0.05, 0) is 31.6 Å².